The summed E-state index contributed by atoms with van der Waals surface area (Å²) in [6.45, 7) is 6.52. The van der Waals surface area contributed by atoms with E-state index in [0.717, 1.165) is 31.9 Å². The lowest BCUT2D eigenvalue weighted by molar-refractivity contribution is 0.308. The van der Waals surface area contributed by atoms with Gasteiger partial charge in [-0.1, -0.05) is 38.0 Å². The van der Waals surface area contributed by atoms with Gasteiger partial charge in [-0.3, -0.25) is 0 Å². The smallest absolute Gasteiger partial charge is 0.123 e. The normalized spacial score (nSPS) is 11.0. The van der Waals surface area contributed by atoms with Crippen molar-refractivity contribution in [1.29, 1.82) is 0 Å². The van der Waals surface area contributed by atoms with E-state index in [2.05, 4.69) is 36.3 Å². The van der Waals surface area contributed by atoms with Crippen molar-refractivity contribution < 1.29 is 4.74 Å². The van der Waals surface area contributed by atoms with Gasteiger partial charge in [0.05, 0.1) is 7.11 Å². The van der Waals surface area contributed by atoms with Gasteiger partial charge in [0, 0.05) is 12.1 Å². The molecule has 1 aromatic rings. The van der Waals surface area contributed by atoms with Crippen LogP contribution in [0.25, 0.3) is 0 Å². The fourth-order valence-corrected chi connectivity index (χ4v) is 2.37. The first-order valence-electron chi connectivity index (χ1n) is 7.79. The van der Waals surface area contributed by atoms with E-state index < -0.39 is 0 Å². The van der Waals surface area contributed by atoms with E-state index >= 15 is 0 Å². The Hall–Kier alpha value is -1.06. The van der Waals surface area contributed by atoms with Crippen LogP contribution in [0, 0.1) is 0 Å². The van der Waals surface area contributed by atoms with Gasteiger partial charge in [-0.05, 0) is 45.6 Å². The molecule has 0 spiro atoms. The Morgan fingerprint density at radius 3 is 2.60 bits per heavy atom. The third kappa shape index (κ3) is 6.92. The molecule has 0 saturated carbocycles. The zero-order valence-corrected chi connectivity index (χ0v) is 13.3. The van der Waals surface area contributed by atoms with Crippen LogP contribution >= 0.6 is 0 Å². The third-order valence-electron chi connectivity index (χ3n) is 3.53. The number of nitrogens with one attached hydrogen (secondary N) is 1. The lowest BCUT2D eigenvalue weighted by atomic mass is 10.1. The molecule has 0 bridgehead atoms. The van der Waals surface area contributed by atoms with Gasteiger partial charge in [0.2, 0.25) is 0 Å². The van der Waals surface area contributed by atoms with Gasteiger partial charge in [-0.25, -0.2) is 0 Å². The fourth-order valence-electron chi connectivity index (χ4n) is 2.37. The number of unbranched alkanes of at least 4 members (excludes halogenated alkanes) is 3. The Kier molecular flexibility index (Phi) is 9.09. The number of benzene rings is 1. The molecule has 1 aromatic carbocycles. The van der Waals surface area contributed by atoms with Crippen molar-refractivity contribution in [2.24, 2.45) is 0 Å². The second kappa shape index (κ2) is 10.7. The van der Waals surface area contributed by atoms with Crippen molar-refractivity contribution in [3.63, 3.8) is 0 Å². The van der Waals surface area contributed by atoms with E-state index in [4.69, 9.17) is 4.74 Å². The lowest BCUT2D eigenvalue weighted by Crippen LogP contribution is -2.19. The molecule has 0 saturated heterocycles. The van der Waals surface area contributed by atoms with E-state index in [1.165, 1.54) is 31.2 Å². The number of hydrogen-bond acceptors (Lipinski definition) is 3. The maximum Gasteiger partial charge on any atom is 0.123 e. The minimum Gasteiger partial charge on any atom is -0.496 e. The SMILES string of the molecule is CCNCCCCCCN(C)Cc1ccccc1OC. The molecule has 20 heavy (non-hydrogen) atoms. The second-order valence-electron chi connectivity index (χ2n) is 5.32. The molecule has 0 fully saturated rings. The molecule has 1 rings (SSSR count). The number of methoxy groups -OCH3 is 1. The highest BCUT2D eigenvalue weighted by Crippen LogP contribution is 2.18. The first-order valence-corrected chi connectivity index (χ1v) is 7.79. The molecule has 0 aliphatic carbocycles. The quantitative estimate of drug-likeness (QED) is 0.629. The summed E-state index contributed by atoms with van der Waals surface area (Å²) in [6.07, 6.45) is 5.22. The summed E-state index contributed by atoms with van der Waals surface area (Å²) < 4.78 is 5.39. The molecule has 0 atom stereocenters. The van der Waals surface area contributed by atoms with Gasteiger partial charge in [-0.15, -0.1) is 0 Å². The van der Waals surface area contributed by atoms with Crippen LogP contribution in [0.15, 0.2) is 24.3 Å². The van der Waals surface area contributed by atoms with Crippen molar-refractivity contribution in [1.82, 2.24) is 10.2 Å². The summed E-state index contributed by atoms with van der Waals surface area (Å²) in [4.78, 5) is 2.38. The highest BCUT2D eigenvalue weighted by molar-refractivity contribution is 5.32. The average molecular weight is 278 g/mol. The highest BCUT2D eigenvalue weighted by atomic mass is 16.5. The zero-order valence-electron chi connectivity index (χ0n) is 13.3. The van der Waals surface area contributed by atoms with Crippen molar-refractivity contribution >= 4 is 0 Å². The summed E-state index contributed by atoms with van der Waals surface area (Å²) in [5, 5.41) is 3.37. The van der Waals surface area contributed by atoms with Gasteiger partial charge in [-0.2, -0.15) is 0 Å². The van der Waals surface area contributed by atoms with Crippen LogP contribution in [-0.4, -0.2) is 38.7 Å². The molecule has 0 aromatic heterocycles. The predicted molar refractivity (Wildman–Crippen MR) is 86.3 cm³/mol. The van der Waals surface area contributed by atoms with Crippen LogP contribution in [0.2, 0.25) is 0 Å². The average Bonchev–Trinajstić information content (AvgIpc) is 2.47. The number of para-hydroxylation sites is 1. The van der Waals surface area contributed by atoms with E-state index in [9.17, 15) is 0 Å². The minimum absolute atomic E-state index is 0.960. The van der Waals surface area contributed by atoms with Gasteiger partial charge < -0.3 is 15.0 Å². The topological polar surface area (TPSA) is 24.5 Å². The third-order valence-corrected chi connectivity index (χ3v) is 3.53. The van der Waals surface area contributed by atoms with E-state index in [0.29, 0.717) is 0 Å². The lowest BCUT2D eigenvalue weighted by Gasteiger charge is -2.18. The number of ether oxygens (including phenoxy) is 1. The molecule has 114 valence electrons. The summed E-state index contributed by atoms with van der Waals surface area (Å²) >= 11 is 0. The molecule has 1 N–H and O–H groups in total. The van der Waals surface area contributed by atoms with Crippen molar-refractivity contribution in [3.05, 3.63) is 29.8 Å². The van der Waals surface area contributed by atoms with Gasteiger partial charge in [0.1, 0.15) is 5.75 Å². The van der Waals surface area contributed by atoms with Crippen LogP contribution in [-0.2, 0) is 6.54 Å². The number of rotatable bonds is 11. The Morgan fingerprint density at radius 2 is 1.85 bits per heavy atom. The van der Waals surface area contributed by atoms with Crippen molar-refractivity contribution in [3.8, 4) is 5.75 Å². The van der Waals surface area contributed by atoms with Gasteiger partial charge in [0.25, 0.3) is 0 Å². The molecule has 0 aliphatic rings. The highest BCUT2D eigenvalue weighted by Gasteiger charge is 2.05. The molecular weight excluding hydrogens is 248 g/mol. The number of hydrogen-bond donors (Lipinski definition) is 1. The van der Waals surface area contributed by atoms with Gasteiger partial charge in [0.15, 0.2) is 0 Å². The molecule has 0 radical (unpaired) electrons. The monoisotopic (exact) mass is 278 g/mol. The zero-order chi connectivity index (χ0) is 14.6. The van der Waals surface area contributed by atoms with E-state index in [-0.39, 0.29) is 0 Å². The molecule has 0 unspecified atom stereocenters. The Balaban J connectivity index is 2.15. The molecule has 3 nitrogen and oxygen atoms in total. The summed E-state index contributed by atoms with van der Waals surface area (Å²) in [5.41, 5.74) is 1.27. The van der Waals surface area contributed by atoms with Crippen LogP contribution in [0.1, 0.15) is 38.2 Å². The molecule has 0 amide bonds. The first-order chi connectivity index (χ1) is 9.77. The summed E-state index contributed by atoms with van der Waals surface area (Å²) in [5.74, 6) is 0.991. The van der Waals surface area contributed by atoms with Crippen molar-refractivity contribution in [2.75, 3.05) is 33.8 Å². The molecular formula is C17H30N2O. The fraction of sp³-hybridized carbons (Fsp3) is 0.647. The van der Waals surface area contributed by atoms with Crippen LogP contribution in [0.4, 0.5) is 0 Å². The Labute approximate surface area is 124 Å². The van der Waals surface area contributed by atoms with Gasteiger partial charge >= 0.3 is 0 Å². The summed E-state index contributed by atoms with van der Waals surface area (Å²) in [6, 6.07) is 8.27. The maximum atomic E-state index is 5.39. The minimum atomic E-state index is 0.960. The van der Waals surface area contributed by atoms with Crippen LogP contribution < -0.4 is 10.1 Å². The van der Waals surface area contributed by atoms with E-state index in [1.807, 2.05) is 12.1 Å². The standard InChI is InChI=1S/C17H30N2O/c1-4-18-13-9-5-6-10-14-19(2)15-16-11-7-8-12-17(16)20-3/h7-8,11-12,18H,4-6,9-10,13-15H2,1-3H3. The molecule has 3 heteroatoms. The first kappa shape index (κ1) is 17.0. The molecule has 0 heterocycles. The summed E-state index contributed by atoms with van der Waals surface area (Å²) in [7, 11) is 3.92. The van der Waals surface area contributed by atoms with Crippen molar-refractivity contribution in [2.45, 2.75) is 39.2 Å². The predicted octanol–water partition coefficient (Wildman–Crippen LogP) is 3.30. The maximum absolute atomic E-state index is 5.39. The second-order valence-corrected chi connectivity index (χ2v) is 5.32. The van der Waals surface area contributed by atoms with Crippen LogP contribution in [0.5, 0.6) is 5.75 Å². The number of nitrogens with zero attached hydrogens (tertiary/aromatic N) is 1. The largest absolute Gasteiger partial charge is 0.496 e. The Morgan fingerprint density at radius 1 is 1.10 bits per heavy atom. The van der Waals surface area contributed by atoms with Crippen LogP contribution in [0.3, 0.4) is 0 Å². The van der Waals surface area contributed by atoms with E-state index in [1.54, 1.807) is 7.11 Å². The Bertz CT molecular complexity index is 355. The molecule has 0 aliphatic heterocycles.